The Kier molecular flexibility index (Phi) is 2.35. The Morgan fingerprint density at radius 3 is 2.75 bits per heavy atom. The van der Waals surface area contributed by atoms with Crippen LogP contribution in [-0.4, -0.2) is 43.5 Å². The van der Waals surface area contributed by atoms with Gasteiger partial charge in [-0.15, -0.1) is 0 Å². The van der Waals surface area contributed by atoms with Crippen LogP contribution in [0.3, 0.4) is 0 Å². The van der Waals surface area contributed by atoms with E-state index in [1.54, 1.807) is 0 Å². The number of nitrogens with zero attached hydrogens (tertiary/aromatic N) is 1. The second-order valence-electron chi connectivity index (χ2n) is 3.96. The van der Waals surface area contributed by atoms with Gasteiger partial charge in [0, 0.05) is 13.1 Å². The van der Waals surface area contributed by atoms with Gasteiger partial charge in [0.2, 0.25) is 0 Å². The van der Waals surface area contributed by atoms with Crippen LogP contribution in [0.5, 0.6) is 0 Å². The normalized spacial score (nSPS) is 36.2. The number of rotatable bonds is 3. The lowest BCUT2D eigenvalue weighted by molar-refractivity contribution is -0.00402. The van der Waals surface area contributed by atoms with Crippen molar-refractivity contribution in [3.05, 3.63) is 0 Å². The molecule has 2 aliphatic heterocycles. The molecule has 2 rings (SSSR count). The van der Waals surface area contributed by atoms with Crippen LogP contribution in [-0.2, 0) is 9.47 Å². The van der Waals surface area contributed by atoms with Gasteiger partial charge in [-0.3, -0.25) is 4.90 Å². The Balaban J connectivity index is 1.84. The molecule has 3 nitrogen and oxygen atoms in total. The molecule has 2 heterocycles. The molecule has 0 N–H and O–H groups in total. The SMILES string of the molecule is CC(C)C1OCCN1CC1CO1. The average Bonchev–Trinajstić information content (AvgIpc) is 2.66. The van der Waals surface area contributed by atoms with E-state index in [-0.39, 0.29) is 0 Å². The Bertz CT molecular complexity index is 157. The molecule has 2 saturated heterocycles. The zero-order valence-electron chi connectivity index (χ0n) is 7.82. The highest BCUT2D eigenvalue weighted by Gasteiger charge is 2.33. The molecule has 0 aromatic heterocycles. The lowest BCUT2D eigenvalue weighted by atomic mass is 10.2. The van der Waals surface area contributed by atoms with Crippen molar-refractivity contribution < 1.29 is 9.47 Å². The van der Waals surface area contributed by atoms with E-state index in [0.29, 0.717) is 18.2 Å². The van der Waals surface area contributed by atoms with Crippen LogP contribution in [0, 0.1) is 5.92 Å². The van der Waals surface area contributed by atoms with Gasteiger partial charge in [0.1, 0.15) is 6.23 Å². The molecule has 0 aliphatic carbocycles. The zero-order chi connectivity index (χ0) is 8.55. The van der Waals surface area contributed by atoms with Crippen molar-refractivity contribution in [1.29, 1.82) is 0 Å². The highest BCUT2D eigenvalue weighted by atomic mass is 16.6. The van der Waals surface area contributed by atoms with Crippen LogP contribution in [0.2, 0.25) is 0 Å². The molecular formula is C9H17NO2. The van der Waals surface area contributed by atoms with Crippen LogP contribution in [0.15, 0.2) is 0 Å². The maximum absolute atomic E-state index is 5.63. The predicted octanol–water partition coefficient (Wildman–Crippen LogP) is 0.700. The minimum atomic E-state index is 0.328. The minimum absolute atomic E-state index is 0.328. The van der Waals surface area contributed by atoms with E-state index in [4.69, 9.17) is 9.47 Å². The molecule has 0 aromatic rings. The second-order valence-corrected chi connectivity index (χ2v) is 3.96. The van der Waals surface area contributed by atoms with Crippen LogP contribution >= 0.6 is 0 Å². The van der Waals surface area contributed by atoms with Gasteiger partial charge >= 0.3 is 0 Å². The molecular weight excluding hydrogens is 154 g/mol. The van der Waals surface area contributed by atoms with Crippen LogP contribution < -0.4 is 0 Å². The largest absolute Gasteiger partial charge is 0.372 e. The first-order valence-electron chi connectivity index (χ1n) is 4.74. The van der Waals surface area contributed by atoms with Crippen molar-refractivity contribution in [1.82, 2.24) is 4.90 Å². The Morgan fingerprint density at radius 2 is 2.17 bits per heavy atom. The molecule has 2 fully saturated rings. The summed E-state index contributed by atoms with van der Waals surface area (Å²) in [5.74, 6) is 0.589. The molecule has 0 amide bonds. The summed E-state index contributed by atoms with van der Waals surface area (Å²) in [4.78, 5) is 2.39. The van der Waals surface area contributed by atoms with Crippen LogP contribution in [0.4, 0.5) is 0 Å². The summed E-state index contributed by atoms with van der Waals surface area (Å²) >= 11 is 0. The molecule has 0 bridgehead atoms. The molecule has 2 unspecified atom stereocenters. The third-order valence-corrected chi connectivity index (χ3v) is 2.44. The van der Waals surface area contributed by atoms with Crippen LogP contribution in [0.1, 0.15) is 13.8 Å². The fourth-order valence-corrected chi connectivity index (χ4v) is 1.77. The molecule has 0 aromatic carbocycles. The number of hydrogen-bond acceptors (Lipinski definition) is 3. The van der Waals surface area contributed by atoms with E-state index >= 15 is 0 Å². The van der Waals surface area contributed by atoms with Crippen LogP contribution in [0.25, 0.3) is 0 Å². The van der Waals surface area contributed by atoms with Gasteiger partial charge in [-0.25, -0.2) is 0 Å². The number of epoxide rings is 1. The van der Waals surface area contributed by atoms with Gasteiger partial charge in [-0.1, -0.05) is 13.8 Å². The molecule has 3 heteroatoms. The fraction of sp³-hybridized carbons (Fsp3) is 1.00. The van der Waals surface area contributed by atoms with Crippen molar-refractivity contribution in [2.75, 3.05) is 26.3 Å². The quantitative estimate of drug-likeness (QED) is 0.584. The topological polar surface area (TPSA) is 25.0 Å². The predicted molar refractivity (Wildman–Crippen MR) is 45.9 cm³/mol. The molecule has 2 atom stereocenters. The first-order valence-corrected chi connectivity index (χ1v) is 4.74. The minimum Gasteiger partial charge on any atom is -0.372 e. The van der Waals surface area contributed by atoms with E-state index in [9.17, 15) is 0 Å². The smallest absolute Gasteiger partial charge is 0.113 e. The molecule has 0 spiro atoms. The lowest BCUT2D eigenvalue weighted by Crippen LogP contribution is -2.36. The first-order chi connectivity index (χ1) is 5.77. The maximum Gasteiger partial charge on any atom is 0.113 e. The summed E-state index contributed by atoms with van der Waals surface area (Å²) in [5.41, 5.74) is 0. The third-order valence-electron chi connectivity index (χ3n) is 2.44. The monoisotopic (exact) mass is 171 g/mol. The van der Waals surface area contributed by atoms with E-state index in [1.807, 2.05) is 0 Å². The summed E-state index contributed by atoms with van der Waals surface area (Å²) in [6.45, 7) is 8.37. The average molecular weight is 171 g/mol. The highest BCUT2D eigenvalue weighted by Crippen LogP contribution is 2.21. The summed E-state index contributed by atoms with van der Waals surface area (Å²) in [6.07, 6.45) is 0.821. The van der Waals surface area contributed by atoms with Gasteiger partial charge in [0.25, 0.3) is 0 Å². The Labute approximate surface area is 73.6 Å². The molecule has 70 valence electrons. The molecule has 0 radical (unpaired) electrons. The van der Waals surface area contributed by atoms with Crippen molar-refractivity contribution in [3.63, 3.8) is 0 Å². The molecule has 2 aliphatic rings. The van der Waals surface area contributed by atoms with E-state index in [2.05, 4.69) is 18.7 Å². The molecule has 0 saturated carbocycles. The standard InChI is InChI=1S/C9H17NO2/c1-7(2)9-10(3-4-11-9)5-8-6-12-8/h7-9H,3-6H2,1-2H3. The Morgan fingerprint density at radius 1 is 1.42 bits per heavy atom. The van der Waals surface area contributed by atoms with Crippen molar-refractivity contribution in [3.8, 4) is 0 Å². The van der Waals surface area contributed by atoms with Gasteiger partial charge in [0.15, 0.2) is 0 Å². The summed E-state index contributed by atoms with van der Waals surface area (Å²) in [7, 11) is 0. The maximum atomic E-state index is 5.63. The van der Waals surface area contributed by atoms with Crippen molar-refractivity contribution in [2.24, 2.45) is 5.92 Å². The van der Waals surface area contributed by atoms with Gasteiger partial charge in [-0.05, 0) is 5.92 Å². The van der Waals surface area contributed by atoms with Crippen molar-refractivity contribution in [2.45, 2.75) is 26.2 Å². The number of ether oxygens (including phenoxy) is 2. The summed E-state index contributed by atoms with van der Waals surface area (Å²) in [6, 6.07) is 0. The van der Waals surface area contributed by atoms with Gasteiger partial charge < -0.3 is 9.47 Å². The zero-order valence-corrected chi connectivity index (χ0v) is 7.82. The summed E-state index contributed by atoms with van der Waals surface area (Å²) in [5, 5.41) is 0. The summed E-state index contributed by atoms with van der Waals surface area (Å²) < 4.78 is 10.8. The fourth-order valence-electron chi connectivity index (χ4n) is 1.77. The Hall–Kier alpha value is -0.120. The second kappa shape index (κ2) is 3.32. The van der Waals surface area contributed by atoms with E-state index in [1.165, 1.54) is 0 Å². The van der Waals surface area contributed by atoms with Gasteiger partial charge in [0.05, 0.1) is 19.3 Å². The lowest BCUT2D eigenvalue weighted by Gasteiger charge is -2.24. The van der Waals surface area contributed by atoms with Crippen molar-refractivity contribution >= 4 is 0 Å². The van der Waals surface area contributed by atoms with E-state index in [0.717, 1.165) is 26.3 Å². The van der Waals surface area contributed by atoms with E-state index < -0.39 is 0 Å². The highest BCUT2D eigenvalue weighted by molar-refractivity contribution is 4.80. The number of hydrogen-bond donors (Lipinski definition) is 0. The van der Waals surface area contributed by atoms with Gasteiger partial charge in [-0.2, -0.15) is 0 Å². The third kappa shape index (κ3) is 1.79. The molecule has 12 heavy (non-hydrogen) atoms. The first kappa shape index (κ1) is 8.48.